The molecular formula is C27H22N2O6P2. The van der Waals surface area contributed by atoms with E-state index in [9.17, 15) is 9.13 Å². The Morgan fingerprint density at radius 2 is 0.811 bits per heavy atom. The van der Waals surface area contributed by atoms with E-state index in [2.05, 4.69) is 9.97 Å². The molecule has 0 amide bonds. The van der Waals surface area contributed by atoms with E-state index in [1.54, 1.807) is 121 Å². The fraction of sp³-hybridized carbons (Fsp3) is 0. The smallest absolute Gasteiger partial charge is 0.412 e. The van der Waals surface area contributed by atoms with Crippen molar-refractivity contribution >= 4 is 26.2 Å². The molecule has 0 saturated carbocycles. The van der Waals surface area contributed by atoms with Gasteiger partial charge in [-0.05, 0) is 48.5 Å². The summed E-state index contributed by atoms with van der Waals surface area (Å²) >= 11 is 0. The van der Waals surface area contributed by atoms with Gasteiger partial charge in [-0.15, -0.1) is 0 Å². The van der Waals surface area contributed by atoms with Crippen molar-refractivity contribution in [1.82, 2.24) is 9.97 Å². The number of aromatic nitrogens is 2. The Morgan fingerprint density at radius 3 is 1.16 bits per heavy atom. The summed E-state index contributed by atoms with van der Waals surface area (Å²) in [5, 5.41) is 0. The molecule has 10 heteroatoms. The van der Waals surface area contributed by atoms with Gasteiger partial charge in [-0.25, -0.2) is 14.1 Å². The van der Waals surface area contributed by atoms with Gasteiger partial charge in [-0.2, -0.15) is 0 Å². The Balaban J connectivity index is 1.53. The first kappa shape index (κ1) is 24.4. The Kier molecular flexibility index (Phi) is 7.13. The first-order valence-corrected chi connectivity index (χ1v) is 14.4. The number of nitrogens with zero attached hydrogens (tertiary/aromatic N) is 1. The summed E-state index contributed by atoms with van der Waals surface area (Å²) in [5.74, 6) is 1.25. The van der Waals surface area contributed by atoms with Gasteiger partial charge < -0.3 is 23.1 Å². The maximum absolute atomic E-state index is 14.1. The van der Waals surface area contributed by atoms with Gasteiger partial charge in [-0.3, -0.25) is 0 Å². The highest BCUT2D eigenvalue weighted by Gasteiger charge is 2.40. The average molecular weight is 532 g/mol. The largest absolute Gasteiger partial charge is 0.498 e. The molecule has 0 aliphatic carbocycles. The van der Waals surface area contributed by atoms with Crippen molar-refractivity contribution in [2.24, 2.45) is 0 Å². The van der Waals surface area contributed by atoms with Crippen LogP contribution in [0.2, 0.25) is 0 Å². The fourth-order valence-electron chi connectivity index (χ4n) is 3.28. The fourth-order valence-corrected chi connectivity index (χ4v) is 6.29. The zero-order valence-electron chi connectivity index (χ0n) is 19.4. The molecule has 0 aliphatic rings. The lowest BCUT2D eigenvalue weighted by Gasteiger charge is -2.19. The first-order chi connectivity index (χ1) is 18.0. The van der Waals surface area contributed by atoms with Gasteiger partial charge in [0.25, 0.3) is 0 Å². The minimum absolute atomic E-state index is 0.0937. The molecule has 0 bridgehead atoms. The summed E-state index contributed by atoms with van der Waals surface area (Å²) in [6.45, 7) is 0. The molecule has 186 valence electrons. The van der Waals surface area contributed by atoms with Crippen LogP contribution < -0.4 is 29.1 Å². The lowest BCUT2D eigenvalue weighted by molar-refractivity contribution is 0.397. The second-order valence-corrected chi connectivity index (χ2v) is 11.3. The van der Waals surface area contributed by atoms with Gasteiger partial charge in [-0.1, -0.05) is 72.8 Å². The van der Waals surface area contributed by atoms with Crippen molar-refractivity contribution in [3.63, 3.8) is 0 Å². The SMILES string of the molecule is O=P(Oc1ccccc1)(Oc1ccccc1)c1c[nH]c(P(=O)(Oc2ccccc2)Oc2ccccc2)n1. The summed E-state index contributed by atoms with van der Waals surface area (Å²) in [6.07, 6.45) is 1.32. The molecule has 5 aromatic rings. The van der Waals surface area contributed by atoms with Crippen molar-refractivity contribution in [1.29, 1.82) is 0 Å². The third-order valence-electron chi connectivity index (χ3n) is 4.97. The standard InChI is InChI=1S/C27H22N2O6P2/c30-36(32-22-13-5-1-6-14-22,33-23-15-7-2-8-16-23)26-21-28-27(29-26)37(31,34-24-17-9-3-10-18-24)35-25-19-11-4-12-20-25/h1-21H,(H,28,29). The zero-order valence-corrected chi connectivity index (χ0v) is 21.2. The monoisotopic (exact) mass is 532 g/mol. The third kappa shape index (κ3) is 5.95. The number of para-hydroxylation sites is 4. The van der Waals surface area contributed by atoms with Gasteiger partial charge in [0.15, 0.2) is 5.44 Å². The maximum atomic E-state index is 14.1. The van der Waals surface area contributed by atoms with Crippen LogP contribution in [0, 0.1) is 0 Å². The van der Waals surface area contributed by atoms with Crippen molar-refractivity contribution < 1.29 is 27.2 Å². The number of rotatable bonds is 10. The highest BCUT2D eigenvalue weighted by Crippen LogP contribution is 2.49. The quantitative estimate of drug-likeness (QED) is 0.209. The van der Waals surface area contributed by atoms with E-state index < -0.39 is 15.2 Å². The third-order valence-corrected chi connectivity index (χ3v) is 8.31. The van der Waals surface area contributed by atoms with Crippen molar-refractivity contribution in [3.05, 3.63) is 128 Å². The summed E-state index contributed by atoms with van der Waals surface area (Å²) in [6, 6.07) is 34.3. The lowest BCUT2D eigenvalue weighted by Crippen LogP contribution is -2.22. The Hall–Kier alpha value is -4.25. The van der Waals surface area contributed by atoms with E-state index >= 15 is 0 Å². The van der Waals surface area contributed by atoms with Crippen LogP contribution >= 0.6 is 15.2 Å². The Morgan fingerprint density at radius 1 is 0.486 bits per heavy atom. The Bertz CT molecular complexity index is 1320. The van der Waals surface area contributed by atoms with Crippen LogP contribution in [0.5, 0.6) is 23.0 Å². The van der Waals surface area contributed by atoms with Crippen LogP contribution in [0.15, 0.2) is 128 Å². The summed E-state index contributed by atoms with van der Waals surface area (Å²) in [7, 11) is -8.23. The van der Waals surface area contributed by atoms with Crippen LogP contribution in [-0.4, -0.2) is 9.97 Å². The normalized spacial score (nSPS) is 11.5. The van der Waals surface area contributed by atoms with Gasteiger partial charge in [0.2, 0.25) is 5.57 Å². The van der Waals surface area contributed by atoms with E-state index in [1.165, 1.54) is 6.20 Å². The van der Waals surface area contributed by atoms with Crippen LogP contribution in [0.3, 0.4) is 0 Å². The first-order valence-electron chi connectivity index (χ1n) is 11.3. The summed E-state index contributed by atoms with van der Waals surface area (Å²) < 4.78 is 51.5. The molecule has 1 heterocycles. The molecule has 0 unspecified atom stereocenters. The number of imidazole rings is 1. The molecule has 0 aliphatic heterocycles. The van der Waals surface area contributed by atoms with E-state index in [-0.39, 0.29) is 11.0 Å². The summed E-state index contributed by atoms with van der Waals surface area (Å²) in [4.78, 5) is 7.16. The molecule has 0 atom stereocenters. The predicted molar refractivity (Wildman–Crippen MR) is 141 cm³/mol. The van der Waals surface area contributed by atoms with Crippen LogP contribution in [0.4, 0.5) is 0 Å². The zero-order chi connectivity index (χ0) is 25.6. The van der Waals surface area contributed by atoms with Gasteiger partial charge >= 0.3 is 15.2 Å². The Labute approximate surface area is 213 Å². The topological polar surface area (TPSA) is 99.7 Å². The second kappa shape index (κ2) is 10.8. The molecular weight excluding hydrogens is 510 g/mol. The number of hydrogen-bond donors (Lipinski definition) is 1. The molecule has 8 nitrogen and oxygen atoms in total. The molecule has 5 rings (SSSR count). The number of nitrogens with one attached hydrogen (secondary N) is 1. The summed E-state index contributed by atoms with van der Waals surface area (Å²) in [5.41, 5.74) is -0.257. The number of benzene rings is 4. The highest BCUT2D eigenvalue weighted by molar-refractivity contribution is 7.64. The van der Waals surface area contributed by atoms with E-state index in [1.807, 2.05) is 0 Å². The van der Waals surface area contributed by atoms with Crippen LogP contribution in [0.1, 0.15) is 0 Å². The van der Waals surface area contributed by atoms with E-state index in [0.717, 1.165) is 0 Å². The predicted octanol–water partition coefficient (Wildman–Crippen LogP) is 6.36. The number of aromatic amines is 1. The number of H-pyrrole nitrogens is 1. The van der Waals surface area contributed by atoms with Crippen LogP contribution in [0.25, 0.3) is 0 Å². The average Bonchev–Trinajstić information content (AvgIpc) is 3.44. The van der Waals surface area contributed by atoms with Gasteiger partial charge in [0.1, 0.15) is 23.0 Å². The van der Waals surface area contributed by atoms with Crippen LogP contribution in [-0.2, 0) is 9.13 Å². The highest BCUT2D eigenvalue weighted by atomic mass is 31.2. The molecule has 0 fully saturated rings. The number of hydrogen-bond acceptors (Lipinski definition) is 7. The van der Waals surface area contributed by atoms with Gasteiger partial charge in [0, 0.05) is 6.20 Å². The van der Waals surface area contributed by atoms with Crippen molar-refractivity contribution in [2.45, 2.75) is 0 Å². The molecule has 37 heavy (non-hydrogen) atoms. The van der Waals surface area contributed by atoms with E-state index in [0.29, 0.717) is 23.0 Å². The lowest BCUT2D eigenvalue weighted by atomic mass is 10.3. The second-order valence-electron chi connectivity index (χ2n) is 7.69. The molecule has 0 spiro atoms. The van der Waals surface area contributed by atoms with Gasteiger partial charge in [0.05, 0.1) is 0 Å². The minimum atomic E-state index is -4.13. The molecule has 0 radical (unpaired) electrons. The van der Waals surface area contributed by atoms with E-state index in [4.69, 9.17) is 18.1 Å². The molecule has 4 aromatic carbocycles. The van der Waals surface area contributed by atoms with Crippen molar-refractivity contribution in [3.8, 4) is 23.0 Å². The molecule has 0 saturated heterocycles. The molecule has 1 N–H and O–H groups in total. The molecule has 1 aromatic heterocycles. The van der Waals surface area contributed by atoms with Crippen molar-refractivity contribution in [2.75, 3.05) is 0 Å². The minimum Gasteiger partial charge on any atom is -0.412 e. The maximum Gasteiger partial charge on any atom is 0.498 e.